The summed E-state index contributed by atoms with van der Waals surface area (Å²) in [7, 11) is 0. The van der Waals surface area contributed by atoms with Gasteiger partial charge in [0.2, 0.25) is 0 Å². The Balaban J connectivity index is 4.35. The van der Waals surface area contributed by atoms with Gasteiger partial charge in [0, 0.05) is 19.3 Å². The first-order valence-electron chi connectivity index (χ1n) is 22.2. The van der Waals surface area contributed by atoms with Crippen molar-refractivity contribution >= 4 is 17.9 Å². The molecule has 0 aliphatic carbocycles. The molecule has 0 unspecified atom stereocenters. The maximum absolute atomic E-state index is 12.7. The monoisotopic (exact) mass is 723 g/mol. The molecule has 0 fully saturated rings. The average molecular weight is 723 g/mol. The van der Waals surface area contributed by atoms with Crippen LogP contribution in [0.3, 0.4) is 0 Å². The molecule has 6 heteroatoms. The van der Waals surface area contributed by atoms with Crippen LogP contribution in [0.2, 0.25) is 0 Å². The Morgan fingerprint density at radius 1 is 0.373 bits per heavy atom. The Hall–Kier alpha value is -1.59. The Morgan fingerprint density at radius 2 is 0.647 bits per heavy atom. The molecule has 1 atom stereocenters. The zero-order valence-electron chi connectivity index (χ0n) is 34.7. The average Bonchev–Trinajstić information content (AvgIpc) is 3.09. The van der Waals surface area contributed by atoms with E-state index in [1.165, 1.54) is 128 Å². The van der Waals surface area contributed by atoms with Crippen LogP contribution in [0.1, 0.15) is 240 Å². The lowest BCUT2D eigenvalue weighted by molar-refractivity contribution is -0.167. The molecule has 0 aromatic rings. The van der Waals surface area contributed by atoms with Gasteiger partial charge in [-0.05, 0) is 31.1 Å². The van der Waals surface area contributed by atoms with Crippen LogP contribution in [0.4, 0.5) is 0 Å². The number of ether oxygens (including phenoxy) is 3. The fraction of sp³-hybridized carbons (Fsp3) is 0.933. The molecule has 0 aliphatic heterocycles. The summed E-state index contributed by atoms with van der Waals surface area (Å²) in [6.07, 6.45) is 35.2. The van der Waals surface area contributed by atoms with Crippen LogP contribution in [0.5, 0.6) is 0 Å². The smallest absolute Gasteiger partial charge is 0.306 e. The van der Waals surface area contributed by atoms with Crippen LogP contribution < -0.4 is 0 Å². The molecule has 0 spiro atoms. The third-order valence-electron chi connectivity index (χ3n) is 9.97. The largest absolute Gasteiger partial charge is 0.462 e. The zero-order chi connectivity index (χ0) is 37.6. The normalized spacial score (nSPS) is 12.1. The van der Waals surface area contributed by atoms with E-state index in [4.69, 9.17) is 14.2 Å². The highest BCUT2D eigenvalue weighted by molar-refractivity contribution is 5.71. The predicted octanol–water partition coefficient (Wildman–Crippen LogP) is 13.8. The summed E-state index contributed by atoms with van der Waals surface area (Å²) >= 11 is 0. The molecule has 0 radical (unpaired) electrons. The van der Waals surface area contributed by atoms with E-state index >= 15 is 0 Å². The number of unbranched alkanes of at least 4 members (excludes halogenated alkanes) is 24. The summed E-state index contributed by atoms with van der Waals surface area (Å²) in [6, 6.07) is 0. The number of esters is 3. The molecule has 0 amide bonds. The van der Waals surface area contributed by atoms with Crippen molar-refractivity contribution < 1.29 is 28.6 Å². The van der Waals surface area contributed by atoms with E-state index in [2.05, 4.69) is 34.6 Å². The molecule has 51 heavy (non-hydrogen) atoms. The van der Waals surface area contributed by atoms with E-state index in [0.29, 0.717) is 19.3 Å². The molecule has 302 valence electrons. The summed E-state index contributed by atoms with van der Waals surface area (Å²) < 4.78 is 16.7. The van der Waals surface area contributed by atoms with Crippen LogP contribution in [-0.4, -0.2) is 37.2 Å². The van der Waals surface area contributed by atoms with E-state index in [-0.39, 0.29) is 31.1 Å². The van der Waals surface area contributed by atoms with Gasteiger partial charge < -0.3 is 14.2 Å². The lowest BCUT2D eigenvalue weighted by atomic mass is 10.0. The van der Waals surface area contributed by atoms with Gasteiger partial charge in [0.1, 0.15) is 13.2 Å². The van der Waals surface area contributed by atoms with Gasteiger partial charge in [-0.1, -0.05) is 202 Å². The van der Waals surface area contributed by atoms with Crippen LogP contribution in [0, 0.1) is 11.8 Å². The second-order valence-corrected chi connectivity index (χ2v) is 16.3. The van der Waals surface area contributed by atoms with Gasteiger partial charge in [-0.25, -0.2) is 0 Å². The van der Waals surface area contributed by atoms with E-state index in [1.54, 1.807) is 0 Å². The lowest BCUT2D eigenvalue weighted by Gasteiger charge is -2.18. The van der Waals surface area contributed by atoms with Gasteiger partial charge in [-0.3, -0.25) is 14.4 Å². The van der Waals surface area contributed by atoms with Crippen LogP contribution in [0.25, 0.3) is 0 Å². The van der Waals surface area contributed by atoms with Crippen molar-refractivity contribution in [1.82, 2.24) is 0 Å². The molecule has 0 aromatic heterocycles. The molecule has 0 aliphatic rings. The van der Waals surface area contributed by atoms with Crippen molar-refractivity contribution in [2.75, 3.05) is 13.2 Å². The van der Waals surface area contributed by atoms with Gasteiger partial charge in [0.05, 0.1) is 0 Å². The first-order chi connectivity index (χ1) is 24.7. The summed E-state index contributed by atoms with van der Waals surface area (Å²) in [4.78, 5) is 37.6. The topological polar surface area (TPSA) is 78.9 Å². The van der Waals surface area contributed by atoms with Crippen molar-refractivity contribution in [2.24, 2.45) is 11.8 Å². The molecular weight excluding hydrogens is 636 g/mol. The van der Waals surface area contributed by atoms with Crippen molar-refractivity contribution in [1.29, 1.82) is 0 Å². The molecule has 0 heterocycles. The van der Waals surface area contributed by atoms with Crippen molar-refractivity contribution in [3.63, 3.8) is 0 Å². The maximum atomic E-state index is 12.7. The summed E-state index contributed by atoms with van der Waals surface area (Å²) in [5, 5.41) is 0. The van der Waals surface area contributed by atoms with Gasteiger partial charge in [0.25, 0.3) is 0 Å². The quantitative estimate of drug-likeness (QED) is 0.0357. The van der Waals surface area contributed by atoms with Gasteiger partial charge in [0.15, 0.2) is 6.10 Å². The zero-order valence-corrected chi connectivity index (χ0v) is 34.7. The number of carbonyl (C=O) groups is 3. The molecule has 6 nitrogen and oxygen atoms in total. The second-order valence-electron chi connectivity index (χ2n) is 16.3. The van der Waals surface area contributed by atoms with Crippen LogP contribution in [0.15, 0.2) is 0 Å². The Labute approximate surface area is 317 Å². The number of hydrogen-bond donors (Lipinski definition) is 0. The van der Waals surface area contributed by atoms with Gasteiger partial charge in [-0.15, -0.1) is 0 Å². The van der Waals surface area contributed by atoms with Crippen LogP contribution >= 0.6 is 0 Å². The maximum Gasteiger partial charge on any atom is 0.306 e. The highest BCUT2D eigenvalue weighted by Crippen LogP contribution is 2.16. The molecule has 0 aromatic carbocycles. The Morgan fingerprint density at radius 3 is 0.961 bits per heavy atom. The number of carbonyl (C=O) groups excluding carboxylic acids is 3. The standard InChI is InChI=1S/C45H86O6/c1-6-7-8-9-10-11-14-20-25-30-35-43(46)49-38-42(39-50-44(47)36-31-26-21-17-16-19-24-29-34-41(4)5)51-45(48)37-32-27-22-15-12-13-18-23-28-33-40(2)3/h40-42H,6-39H2,1-5H3/t42-/m0/s1. The first-order valence-corrected chi connectivity index (χ1v) is 22.2. The fourth-order valence-electron chi connectivity index (χ4n) is 6.58. The minimum Gasteiger partial charge on any atom is -0.462 e. The second kappa shape index (κ2) is 38.1. The molecule has 0 N–H and O–H groups in total. The molecule has 0 rings (SSSR count). The van der Waals surface area contributed by atoms with Crippen LogP contribution in [-0.2, 0) is 28.6 Å². The number of rotatable bonds is 39. The minimum atomic E-state index is -0.760. The van der Waals surface area contributed by atoms with Crippen molar-refractivity contribution in [3.05, 3.63) is 0 Å². The highest BCUT2D eigenvalue weighted by Gasteiger charge is 2.19. The first kappa shape index (κ1) is 49.4. The summed E-state index contributed by atoms with van der Waals surface area (Å²) in [5.41, 5.74) is 0. The summed E-state index contributed by atoms with van der Waals surface area (Å²) in [5.74, 6) is 0.740. The van der Waals surface area contributed by atoms with E-state index < -0.39 is 6.10 Å². The van der Waals surface area contributed by atoms with E-state index in [9.17, 15) is 14.4 Å². The summed E-state index contributed by atoms with van der Waals surface area (Å²) in [6.45, 7) is 11.3. The molecule has 0 saturated carbocycles. The Bertz CT molecular complexity index is 779. The lowest BCUT2D eigenvalue weighted by Crippen LogP contribution is -2.30. The SMILES string of the molecule is CCCCCCCCCCCCC(=O)OC[C@@H](COC(=O)CCCCCCCCCCC(C)C)OC(=O)CCCCCCCCCCCC(C)C. The molecule has 0 bridgehead atoms. The highest BCUT2D eigenvalue weighted by atomic mass is 16.6. The van der Waals surface area contributed by atoms with Crippen molar-refractivity contribution in [2.45, 2.75) is 246 Å². The molecular formula is C45H86O6. The molecule has 0 saturated heterocycles. The minimum absolute atomic E-state index is 0.0655. The third kappa shape index (κ3) is 39.5. The van der Waals surface area contributed by atoms with E-state index in [0.717, 1.165) is 69.6 Å². The fourth-order valence-corrected chi connectivity index (χ4v) is 6.58. The predicted molar refractivity (Wildman–Crippen MR) is 215 cm³/mol. The van der Waals surface area contributed by atoms with Crippen molar-refractivity contribution in [3.8, 4) is 0 Å². The van der Waals surface area contributed by atoms with Gasteiger partial charge in [-0.2, -0.15) is 0 Å². The Kier molecular flexibility index (Phi) is 37.0. The van der Waals surface area contributed by atoms with Gasteiger partial charge >= 0.3 is 17.9 Å². The third-order valence-corrected chi connectivity index (χ3v) is 9.97. The number of hydrogen-bond acceptors (Lipinski definition) is 6. The van der Waals surface area contributed by atoms with E-state index in [1.807, 2.05) is 0 Å².